The van der Waals surface area contributed by atoms with Crippen molar-refractivity contribution in [2.45, 2.75) is 19.4 Å². The number of anilines is 1. The minimum Gasteiger partial charge on any atom is -0.363 e. The number of hydrogen-bond donors (Lipinski definition) is 1. The summed E-state index contributed by atoms with van der Waals surface area (Å²) in [5.74, 6) is 0.424. The Balaban J connectivity index is 2.40. The zero-order chi connectivity index (χ0) is 13.3. The number of pyridine rings is 1. The molecule has 1 aliphatic rings. The van der Waals surface area contributed by atoms with Crippen LogP contribution in [0.3, 0.4) is 0 Å². The Hall–Kier alpha value is -1.21. The van der Waals surface area contributed by atoms with Gasteiger partial charge < -0.3 is 10.6 Å². The van der Waals surface area contributed by atoms with E-state index < -0.39 is 4.92 Å². The van der Waals surface area contributed by atoms with E-state index in [-0.39, 0.29) is 11.7 Å². The molecule has 2 atom stereocenters. The SMILES string of the molecule is CC1CC(N)CN(c2c(Br)cncc2[N+](=O)[O-])C1. The van der Waals surface area contributed by atoms with Crippen LogP contribution >= 0.6 is 15.9 Å². The number of halogens is 1. The van der Waals surface area contributed by atoms with Crippen LogP contribution in [0, 0.1) is 16.0 Å². The van der Waals surface area contributed by atoms with Crippen LogP contribution in [0.2, 0.25) is 0 Å². The Labute approximate surface area is 113 Å². The van der Waals surface area contributed by atoms with Gasteiger partial charge >= 0.3 is 5.69 Å². The highest BCUT2D eigenvalue weighted by Gasteiger charge is 2.29. The Bertz CT molecular complexity index is 458. The fourth-order valence-electron chi connectivity index (χ4n) is 2.45. The van der Waals surface area contributed by atoms with Crippen LogP contribution in [0.5, 0.6) is 0 Å². The zero-order valence-corrected chi connectivity index (χ0v) is 11.6. The van der Waals surface area contributed by atoms with Crippen LogP contribution < -0.4 is 10.6 Å². The van der Waals surface area contributed by atoms with E-state index in [2.05, 4.69) is 27.8 Å². The molecule has 98 valence electrons. The third kappa shape index (κ3) is 2.62. The quantitative estimate of drug-likeness (QED) is 0.666. The van der Waals surface area contributed by atoms with Crippen molar-refractivity contribution in [1.82, 2.24) is 4.98 Å². The van der Waals surface area contributed by atoms with E-state index in [9.17, 15) is 10.1 Å². The third-order valence-corrected chi connectivity index (χ3v) is 3.64. The molecule has 0 amide bonds. The van der Waals surface area contributed by atoms with Gasteiger partial charge in [0, 0.05) is 25.3 Å². The lowest BCUT2D eigenvalue weighted by atomic mass is 9.96. The monoisotopic (exact) mass is 314 g/mol. The standard InChI is InChI=1S/C11H15BrN4O2/c1-7-2-8(13)6-15(5-7)11-9(12)3-14-4-10(11)16(17)18/h3-4,7-8H,2,5-6,13H2,1H3. The molecule has 2 N–H and O–H groups in total. The molecule has 2 heterocycles. The van der Waals surface area contributed by atoms with Crippen LogP contribution in [0.1, 0.15) is 13.3 Å². The summed E-state index contributed by atoms with van der Waals surface area (Å²) < 4.78 is 0.637. The van der Waals surface area contributed by atoms with E-state index >= 15 is 0 Å². The summed E-state index contributed by atoms with van der Waals surface area (Å²) in [4.78, 5) is 16.5. The average molecular weight is 315 g/mol. The molecule has 18 heavy (non-hydrogen) atoms. The molecule has 0 aliphatic carbocycles. The summed E-state index contributed by atoms with van der Waals surface area (Å²) in [5.41, 5.74) is 6.59. The van der Waals surface area contributed by atoms with Gasteiger partial charge in [-0.1, -0.05) is 6.92 Å². The first-order valence-electron chi connectivity index (χ1n) is 5.77. The van der Waals surface area contributed by atoms with Gasteiger partial charge in [0.25, 0.3) is 0 Å². The number of nitrogens with zero attached hydrogens (tertiary/aromatic N) is 3. The van der Waals surface area contributed by atoms with Crippen LogP contribution in [0.25, 0.3) is 0 Å². The van der Waals surface area contributed by atoms with Crippen LogP contribution in [-0.4, -0.2) is 29.0 Å². The highest BCUT2D eigenvalue weighted by molar-refractivity contribution is 9.10. The number of piperidine rings is 1. The Morgan fingerprint density at radius 1 is 1.56 bits per heavy atom. The normalized spacial score (nSPS) is 24.1. The molecule has 2 unspecified atom stereocenters. The second-order valence-electron chi connectivity index (χ2n) is 4.75. The Morgan fingerprint density at radius 3 is 2.89 bits per heavy atom. The van der Waals surface area contributed by atoms with Crippen molar-refractivity contribution in [2.24, 2.45) is 11.7 Å². The molecule has 0 spiro atoms. The number of aromatic nitrogens is 1. The van der Waals surface area contributed by atoms with E-state index in [1.807, 2.05) is 4.90 Å². The number of rotatable bonds is 2. The van der Waals surface area contributed by atoms with E-state index in [4.69, 9.17) is 5.73 Å². The molecule has 1 aromatic rings. The molecule has 0 bridgehead atoms. The topological polar surface area (TPSA) is 85.3 Å². The maximum atomic E-state index is 11.1. The Morgan fingerprint density at radius 2 is 2.28 bits per heavy atom. The van der Waals surface area contributed by atoms with E-state index in [1.165, 1.54) is 6.20 Å². The summed E-state index contributed by atoms with van der Waals surface area (Å²) in [5, 5.41) is 11.1. The van der Waals surface area contributed by atoms with Gasteiger partial charge in [0.05, 0.1) is 9.40 Å². The van der Waals surface area contributed by atoms with Crippen LogP contribution in [0.15, 0.2) is 16.9 Å². The predicted molar refractivity (Wildman–Crippen MR) is 72.6 cm³/mol. The van der Waals surface area contributed by atoms with Crippen molar-refractivity contribution in [3.8, 4) is 0 Å². The van der Waals surface area contributed by atoms with Crippen molar-refractivity contribution in [1.29, 1.82) is 0 Å². The van der Waals surface area contributed by atoms with Gasteiger partial charge in [-0.2, -0.15) is 0 Å². The van der Waals surface area contributed by atoms with Gasteiger partial charge in [-0.15, -0.1) is 0 Å². The van der Waals surface area contributed by atoms with Crippen molar-refractivity contribution < 1.29 is 4.92 Å². The molecule has 2 rings (SSSR count). The molecular formula is C11H15BrN4O2. The first-order valence-corrected chi connectivity index (χ1v) is 6.56. The second kappa shape index (κ2) is 5.19. The van der Waals surface area contributed by atoms with Gasteiger partial charge in [-0.25, -0.2) is 0 Å². The second-order valence-corrected chi connectivity index (χ2v) is 5.61. The molecule has 0 radical (unpaired) electrons. The molecule has 7 heteroatoms. The lowest BCUT2D eigenvalue weighted by Gasteiger charge is -2.36. The maximum absolute atomic E-state index is 11.1. The summed E-state index contributed by atoms with van der Waals surface area (Å²) >= 11 is 3.34. The predicted octanol–water partition coefficient (Wildman–Crippen LogP) is 1.93. The van der Waals surface area contributed by atoms with Crippen molar-refractivity contribution >= 4 is 27.3 Å². The molecule has 0 aromatic carbocycles. The summed E-state index contributed by atoms with van der Waals surface area (Å²) in [7, 11) is 0. The lowest BCUT2D eigenvalue weighted by molar-refractivity contribution is -0.384. The van der Waals surface area contributed by atoms with Crippen LogP contribution in [-0.2, 0) is 0 Å². The van der Waals surface area contributed by atoms with E-state index in [1.54, 1.807) is 6.20 Å². The smallest absolute Gasteiger partial charge is 0.311 e. The summed E-state index contributed by atoms with van der Waals surface area (Å²) in [6, 6.07) is 0.0495. The van der Waals surface area contributed by atoms with Gasteiger partial charge in [0.15, 0.2) is 0 Å². The summed E-state index contributed by atoms with van der Waals surface area (Å²) in [6.45, 7) is 3.51. The van der Waals surface area contributed by atoms with Gasteiger partial charge in [0.2, 0.25) is 0 Å². The van der Waals surface area contributed by atoms with Crippen molar-refractivity contribution in [3.63, 3.8) is 0 Å². The van der Waals surface area contributed by atoms with Gasteiger partial charge in [-0.3, -0.25) is 15.1 Å². The number of nitro groups is 1. The molecule has 1 aromatic heterocycles. The fourth-order valence-corrected chi connectivity index (χ4v) is 3.02. The average Bonchev–Trinajstić information content (AvgIpc) is 2.26. The first kappa shape index (κ1) is 13.2. The van der Waals surface area contributed by atoms with E-state index in [0.717, 1.165) is 13.0 Å². The van der Waals surface area contributed by atoms with Gasteiger partial charge in [-0.05, 0) is 28.3 Å². The van der Waals surface area contributed by atoms with Gasteiger partial charge in [0.1, 0.15) is 11.9 Å². The number of hydrogen-bond acceptors (Lipinski definition) is 5. The largest absolute Gasteiger partial charge is 0.363 e. The Kier molecular flexibility index (Phi) is 3.82. The third-order valence-electron chi connectivity index (χ3n) is 3.06. The molecule has 1 aliphatic heterocycles. The minimum absolute atomic E-state index is 0.0191. The number of nitrogens with two attached hydrogens (primary N) is 1. The maximum Gasteiger partial charge on any atom is 0.311 e. The van der Waals surface area contributed by atoms with Crippen molar-refractivity contribution in [3.05, 3.63) is 27.0 Å². The molecule has 0 saturated carbocycles. The highest BCUT2D eigenvalue weighted by Crippen LogP contribution is 2.36. The van der Waals surface area contributed by atoms with Crippen molar-refractivity contribution in [2.75, 3.05) is 18.0 Å². The highest BCUT2D eigenvalue weighted by atomic mass is 79.9. The lowest BCUT2D eigenvalue weighted by Crippen LogP contribution is -2.46. The molecule has 6 nitrogen and oxygen atoms in total. The fraction of sp³-hybridized carbons (Fsp3) is 0.545. The zero-order valence-electron chi connectivity index (χ0n) is 10.0. The van der Waals surface area contributed by atoms with E-state index in [0.29, 0.717) is 22.6 Å². The molecular weight excluding hydrogens is 300 g/mol. The summed E-state index contributed by atoms with van der Waals surface area (Å²) in [6.07, 6.45) is 3.81. The van der Waals surface area contributed by atoms with Crippen LogP contribution in [0.4, 0.5) is 11.4 Å². The minimum atomic E-state index is -0.405. The molecule has 1 saturated heterocycles. The molecule has 1 fully saturated rings. The first-order chi connectivity index (χ1) is 8.49.